The lowest BCUT2D eigenvalue weighted by Crippen LogP contribution is -2.51. The molecule has 0 aromatic rings. The van der Waals surface area contributed by atoms with E-state index in [4.69, 9.17) is 4.74 Å². The van der Waals surface area contributed by atoms with Gasteiger partial charge in [-0.05, 0) is 66.7 Å². The molecule has 31 heavy (non-hydrogen) atoms. The fourth-order valence-electron chi connectivity index (χ4n) is 3.40. The molecule has 0 spiro atoms. The van der Waals surface area contributed by atoms with Crippen LogP contribution in [0.2, 0.25) is 0 Å². The third-order valence-electron chi connectivity index (χ3n) is 5.39. The molecule has 0 aromatic heterocycles. The van der Waals surface area contributed by atoms with Crippen LogP contribution in [0.15, 0.2) is 0 Å². The molecule has 0 heterocycles. The molecule has 0 unspecified atom stereocenters. The summed E-state index contributed by atoms with van der Waals surface area (Å²) >= 11 is 0. The molecule has 3 N–H and O–H groups in total. The average Bonchev–Trinajstić information content (AvgIpc) is 2.51. The highest BCUT2D eigenvalue weighted by atomic mass is 16.5. The van der Waals surface area contributed by atoms with Gasteiger partial charge >= 0.3 is 5.97 Å². The summed E-state index contributed by atoms with van der Waals surface area (Å²) in [6, 6.07) is 0. The highest BCUT2D eigenvalue weighted by Gasteiger charge is 2.40. The van der Waals surface area contributed by atoms with Crippen LogP contribution in [0.25, 0.3) is 0 Å². The van der Waals surface area contributed by atoms with Crippen molar-refractivity contribution in [3.05, 3.63) is 0 Å². The fraction of sp³-hybridized carbons (Fsp3) is 0.875. The van der Waals surface area contributed by atoms with E-state index in [0.717, 1.165) is 0 Å². The molecule has 2 amide bonds. The molecule has 0 bridgehead atoms. The van der Waals surface area contributed by atoms with Crippen molar-refractivity contribution in [2.45, 2.75) is 106 Å². The maximum absolute atomic E-state index is 12.8. The van der Waals surface area contributed by atoms with Crippen molar-refractivity contribution in [1.82, 2.24) is 10.6 Å². The van der Waals surface area contributed by atoms with E-state index < -0.39 is 27.9 Å². The Morgan fingerprint density at radius 1 is 0.903 bits per heavy atom. The van der Waals surface area contributed by atoms with Crippen LogP contribution in [-0.2, 0) is 19.1 Å². The number of carbonyl (C=O) groups excluding carboxylic acids is 2. The summed E-state index contributed by atoms with van der Waals surface area (Å²) in [5.41, 5.74) is -2.69. The third kappa shape index (κ3) is 12.1. The van der Waals surface area contributed by atoms with Gasteiger partial charge in [0.15, 0.2) is 0 Å². The second-order valence-corrected chi connectivity index (χ2v) is 11.6. The molecule has 0 saturated heterocycles. The summed E-state index contributed by atoms with van der Waals surface area (Å²) in [5.74, 6) is -0.687. The van der Waals surface area contributed by atoms with Gasteiger partial charge in [-0.25, -0.2) is 0 Å². The lowest BCUT2D eigenvalue weighted by atomic mass is 9.74. The molecule has 0 aliphatic heterocycles. The number of carbonyl (C=O) groups is 3. The molecule has 7 nitrogen and oxygen atoms in total. The molecule has 0 atom stereocenters. The first-order valence-corrected chi connectivity index (χ1v) is 11.3. The van der Waals surface area contributed by atoms with Gasteiger partial charge in [-0.2, -0.15) is 0 Å². The normalized spacial score (nSPS) is 13.3. The first-order chi connectivity index (χ1) is 13.8. The molecule has 0 fully saturated rings. The number of ether oxygens (including phenoxy) is 1. The van der Waals surface area contributed by atoms with Gasteiger partial charge in [0.25, 0.3) is 0 Å². The fourth-order valence-corrected chi connectivity index (χ4v) is 3.40. The smallest absolute Gasteiger partial charge is 0.309 e. The first-order valence-electron chi connectivity index (χ1n) is 11.3. The zero-order valence-corrected chi connectivity index (χ0v) is 21.4. The van der Waals surface area contributed by atoms with Gasteiger partial charge in [-0.15, -0.1) is 0 Å². The van der Waals surface area contributed by atoms with Crippen molar-refractivity contribution in [3.8, 4) is 0 Å². The molecular weight excluding hydrogens is 396 g/mol. The molecule has 0 saturated carbocycles. The lowest BCUT2D eigenvalue weighted by Gasteiger charge is -2.36. The summed E-state index contributed by atoms with van der Waals surface area (Å²) in [6.07, 6.45) is 2.07. The zero-order chi connectivity index (χ0) is 24.7. The number of rotatable bonds is 14. The Morgan fingerprint density at radius 2 is 1.45 bits per heavy atom. The van der Waals surface area contributed by atoms with Gasteiger partial charge in [0.2, 0.25) is 11.8 Å². The van der Waals surface area contributed by atoms with Gasteiger partial charge in [0, 0.05) is 30.5 Å². The predicted octanol–water partition coefficient (Wildman–Crippen LogP) is 4.15. The predicted molar refractivity (Wildman–Crippen MR) is 124 cm³/mol. The molecule has 0 aliphatic rings. The topological polar surface area (TPSA) is 105 Å². The van der Waals surface area contributed by atoms with E-state index in [2.05, 4.69) is 10.6 Å². The minimum Gasteiger partial charge on any atom is -0.481 e. The molecule has 0 aliphatic carbocycles. The number of nitrogens with one attached hydrogen (secondary N) is 2. The second-order valence-electron chi connectivity index (χ2n) is 11.6. The van der Waals surface area contributed by atoms with Gasteiger partial charge in [-0.3, -0.25) is 14.4 Å². The van der Waals surface area contributed by atoms with Crippen molar-refractivity contribution >= 4 is 17.8 Å². The highest BCUT2D eigenvalue weighted by molar-refractivity contribution is 5.84. The molecule has 7 heteroatoms. The first kappa shape index (κ1) is 29.4. The van der Waals surface area contributed by atoms with E-state index in [1.54, 1.807) is 27.7 Å². The average molecular weight is 443 g/mol. The third-order valence-corrected chi connectivity index (χ3v) is 5.39. The largest absolute Gasteiger partial charge is 0.481 e. The van der Waals surface area contributed by atoms with Crippen molar-refractivity contribution in [1.29, 1.82) is 0 Å². The Morgan fingerprint density at radius 3 is 1.94 bits per heavy atom. The Kier molecular flexibility index (Phi) is 10.7. The van der Waals surface area contributed by atoms with Gasteiger partial charge in [0.1, 0.15) is 0 Å². The number of carboxylic acids is 1. The Labute approximate surface area is 189 Å². The molecular formula is C24H46N2O5. The molecule has 0 aromatic carbocycles. The molecule has 0 rings (SSSR count). The number of hydrogen-bond acceptors (Lipinski definition) is 4. The number of carboxylic acid groups (broad SMARTS) is 1. The van der Waals surface area contributed by atoms with E-state index in [0.29, 0.717) is 38.3 Å². The minimum atomic E-state index is -0.983. The van der Waals surface area contributed by atoms with E-state index in [9.17, 15) is 19.5 Å². The van der Waals surface area contributed by atoms with E-state index >= 15 is 0 Å². The van der Waals surface area contributed by atoms with Crippen LogP contribution >= 0.6 is 0 Å². The minimum absolute atomic E-state index is 0.0586. The van der Waals surface area contributed by atoms with Crippen LogP contribution in [0.5, 0.6) is 0 Å². The van der Waals surface area contributed by atoms with Gasteiger partial charge < -0.3 is 20.5 Å². The standard InChI is InChI=1S/C24H46N2O5/c1-17(2)15-18(27)25-13-11-24(9,10)31-14-12-23(7,8)26-19(28)21(3,4)16-22(5,6)20(29)30/h17H,11-16H2,1-10H3,(H,25,27)(H,26,28)(H,29,30). The number of amides is 2. The van der Waals surface area contributed by atoms with Gasteiger partial charge in [0.05, 0.1) is 11.0 Å². The quantitative estimate of drug-likeness (QED) is 0.375. The van der Waals surface area contributed by atoms with Crippen LogP contribution in [0.4, 0.5) is 0 Å². The van der Waals surface area contributed by atoms with E-state index in [-0.39, 0.29) is 18.2 Å². The van der Waals surface area contributed by atoms with Crippen LogP contribution < -0.4 is 10.6 Å². The SMILES string of the molecule is CC(C)CC(=O)NCCC(C)(C)OCCC(C)(C)NC(=O)C(C)(C)CC(C)(C)C(=O)O. The summed E-state index contributed by atoms with van der Waals surface area (Å²) in [4.78, 5) is 36.0. The van der Waals surface area contributed by atoms with Crippen LogP contribution in [0, 0.1) is 16.7 Å². The Hall–Kier alpha value is -1.63. The van der Waals surface area contributed by atoms with Crippen LogP contribution in [-0.4, -0.2) is 47.2 Å². The Bertz CT molecular complexity index is 621. The summed E-state index contributed by atoms with van der Waals surface area (Å²) in [5, 5.41) is 15.4. The highest BCUT2D eigenvalue weighted by Crippen LogP contribution is 2.34. The Balaban J connectivity index is 4.58. The van der Waals surface area contributed by atoms with Crippen molar-refractivity contribution in [2.75, 3.05) is 13.2 Å². The van der Waals surface area contributed by atoms with Gasteiger partial charge in [-0.1, -0.05) is 27.7 Å². The van der Waals surface area contributed by atoms with E-state index in [1.807, 2.05) is 41.5 Å². The lowest BCUT2D eigenvalue weighted by molar-refractivity contribution is -0.150. The summed E-state index contributed by atoms with van der Waals surface area (Å²) in [6.45, 7) is 19.7. The summed E-state index contributed by atoms with van der Waals surface area (Å²) in [7, 11) is 0. The monoisotopic (exact) mass is 442 g/mol. The summed E-state index contributed by atoms with van der Waals surface area (Å²) < 4.78 is 6.03. The second kappa shape index (κ2) is 11.3. The van der Waals surface area contributed by atoms with Crippen molar-refractivity contribution in [2.24, 2.45) is 16.7 Å². The molecule has 182 valence electrons. The van der Waals surface area contributed by atoms with Crippen molar-refractivity contribution in [3.63, 3.8) is 0 Å². The number of aliphatic carboxylic acids is 1. The number of hydrogen-bond donors (Lipinski definition) is 3. The maximum atomic E-state index is 12.8. The zero-order valence-electron chi connectivity index (χ0n) is 21.4. The van der Waals surface area contributed by atoms with E-state index in [1.165, 1.54) is 0 Å². The van der Waals surface area contributed by atoms with Crippen LogP contribution in [0.3, 0.4) is 0 Å². The maximum Gasteiger partial charge on any atom is 0.309 e. The van der Waals surface area contributed by atoms with Crippen molar-refractivity contribution < 1.29 is 24.2 Å². The molecule has 0 radical (unpaired) electrons. The van der Waals surface area contributed by atoms with Crippen LogP contribution in [0.1, 0.15) is 94.9 Å².